The summed E-state index contributed by atoms with van der Waals surface area (Å²) in [6, 6.07) is 11.2. The molecule has 0 saturated carbocycles. The fourth-order valence-electron chi connectivity index (χ4n) is 1.57. The average Bonchev–Trinajstić information content (AvgIpc) is 2.88. The van der Waals surface area contributed by atoms with E-state index in [1.165, 1.54) is 0 Å². The minimum absolute atomic E-state index is 0.477. The summed E-state index contributed by atoms with van der Waals surface area (Å²) in [5.74, 6) is 1.37. The van der Waals surface area contributed by atoms with Gasteiger partial charge in [0.25, 0.3) is 0 Å². The summed E-state index contributed by atoms with van der Waals surface area (Å²) in [6.07, 6.45) is 1.57. The van der Waals surface area contributed by atoms with E-state index in [4.69, 9.17) is 28.2 Å². The Bertz CT molecular complexity index is 624. The zero-order valence-corrected chi connectivity index (χ0v) is 12.5. The molecule has 2 N–H and O–H groups in total. The first kappa shape index (κ1) is 14.6. The molecule has 4 nitrogen and oxygen atoms in total. The molecule has 0 aliphatic carbocycles. The van der Waals surface area contributed by atoms with Gasteiger partial charge >= 0.3 is 0 Å². The van der Waals surface area contributed by atoms with E-state index in [-0.39, 0.29) is 0 Å². The normalized spacial score (nSPS) is 10.7. The first-order valence-electron chi connectivity index (χ1n) is 6.11. The number of furan rings is 1. The second kappa shape index (κ2) is 7.07. The van der Waals surface area contributed by atoms with Gasteiger partial charge in [-0.15, -0.1) is 0 Å². The van der Waals surface area contributed by atoms with Crippen LogP contribution in [-0.2, 0) is 0 Å². The summed E-state index contributed by atoms with van der Waals surface area (Å²) in [6.45, 7) is 2.71. The molecule has 1 heterocycles. The van der Waals surface area contributed by atoms with Crippen molar-refractivity contribution in [2.45, 2.75) is 6.92 Å². The standard InChI is InChI=1S/C14H14ClN3OS/c1-2-16-14(20)18-17-9-12-6-7-13(19-12)10-4-3-5-11(15)8-10/h3-9H,2H2,1H3,(H2,16,18,20)/b17-9+. The number of hydrogen-bond acceptors (Lipinski definition) is 3. The molecule has 2 rings (SSSR count). The van der Waals surface area contributed by atoms with Gasteiger partial charge in [-0.2, -0.15) is 5.10 Å². The number of hydrogen-bond donors (Lipinski definition) is 2. The van der Waals surface area contributed by atoms with Gasteiger partial charge in [0, 0.05) is 17.1 Å². The Morgan fingerprint density at radius 1 is 1.40 bits per heavy atom. The summed E-state index contributed by atoms with van der Waals surface area (Å²) in [5.41, 5.74) is 3.62. The third kappa shape index (κ3) is 4.08. The van der Waals surface area contributed by atoms with Crippen LogP contribution in [-0.4, -0.2) is 17.9 Å². The van der Waals surface area contributed by atoms with Crippen molar-refractivity contribution >= 4 is 35.1 Å². The van der Waals surface area contributed by atoms with Crippen LogP contribution in [0.25, 0.3) is 11.3 Å². The van der Waals surface area contributed by atoms with Gasteiger partial charge < -0.3 is 9.73 Å². The van der Waals surface area contributed by atoms with Gasteiger partial charge in [0.1, 0.15) is 11.5 Å². The van der Waals surface area contributed by atoms with Crippen molar-refractivity contribution in [3.05, 3.63) is 47.2 Å². The summed E-state index contributed by atoms with van der Waals surface area (Å²) >= 11 is 10.9. The number of halogens is 1. The van der Waals surface area contributed by atoms with E-state index in [1.807, 2.05) is 43.3 Å². The van der Waals surface area contributed by atoms with Crippen LogP contribution in [0.15, 0.2) is 45.9 Å². The smallest absolute Gasteiger partial charge is 0.186 e. The summed E-state index contributed by atoms with van der Waals surface area (Å²) in [4.78, 5) is 0. The quantitative estimate of drug-likeness (QED) is 0.516. The van der Waals surface area contributed by atoms with Crippen molar-refractivity contribution in [1.29, 1.82) is 0 Å². The lowest BCUT2D eigenvalue weighted by Gasteiger charge is -2.01. The Hall–Kier alpha value is -1.85. The van der Waals surface area contributed by atoms with E-state index in [1.54, 1.807) is 6.21 Å². The minimum Gasteiger partial charge on any atom is -0.455 e. The molecule has 1 aromatic heterocycles. The van der Waals surface area contributed by atoms with Crippen LogP contribution >= 0.6 is 23.8 Å². The molecule has 0 bridgehead atoms. The molecule has 0 unspecified atom stereocenters. The molecule has 0 amide bonds. The van der Waals surface area contributed by atoms with Crippen molar-refractivity contribution in [2.24, 2.45) is 5.10 Å². The Morgan fingerprint density at radius 2 is 2.25 bits per heavy atom. The Morgan fingerprint density at radius 3 is 3.00 bits per heavy atom. The molecule has 1 aromatic carbocycles. The third-order valence-electron chi connectivity index (χ3n) is 2.43. The van der Waals surface area contributed by atoms with Crippen LogP contribution in [0.1, 0.15) is 12.7 Å². The maximum atomic E-state index is 5.95. The molecule has 0 radical (unpaired) electrons. The van der Waals surface area contributed by atoms with E-state index < -0.39 is 0 Å². The highest BCUT2D eigenvalue weighted by Gasteiger charge is 2.03. The Kier molecular flexibility index (Phi) is 5.15. The van der Waals surface area contributed by atoms with Crippen LogP contribution in [0.4, 0.5) is 0 Å². The first-order chi connectivity index (χ1) is 9.69. The molecule has 104 valence electrons. The van der Waals surface area contributed by atoms with Crippen molar-refractivity contribution in [3.8, 4) is 11.3 Å². The molecule has 6 heteroatoms. The molecular formula is C14H14ClN3OS. The minimum atomic E-state index is 0.477. The zero-order chi connectivity index (χ0) is 14.4. The van der Waals surface area contributed by atoms with E-state index in [0.29, 0.717) is 15.9 Å². The topological polar surface area (TPSA) is 49.6 Å². The first-order valence-corrected chi connectivity index (χ1v) is 6.90. The number of benzene rings is 1. The number of hydrazone groups is 1. The molecular weight excluding hydrogens is 294 g/mol. The molecule has 0 aliphatic heterocycles. The number of nitrogens with zero attached hydrogens (tertiary/aromatic N) is 1. The van der Waals surface area contributed by atoms with Crippen molar-refractivity contribution in [1.82, 2.24) is 10.7 Å². The Labute approximate surface area is 127 Å². The van der Waals surface area contributed by atoms with Crippen molar-refractivity contribution in [3.63, 3.8) is 0 Å². The van der Waals surface area contributed by atoms with E-state index in [9.17, 15) is 0 Å². The fraction of sp³-hybridized carbons (Fsp3) is 0.143. The molecule has 20 heavy (non-hydrogen) atoms. The lowest BCUT2D eigenvalue weighted by molar-refractivity contribution is 0.574. The summed E-state index contributed by atoms with van der Waals surface area (Å²) in [7, 11) is 0. The van der Waals surface area contributed by atoms with Crippen LogP contribution in [0.2, 0.25) is 5.02 Å². The maximum Gasteiger partial charge on any atom is 0.186 e. The molecule has 0 aliphatic rings. The van der Waals surface area contributed by atoms with Crippen molar-refractivity contribution in [2.75, 3.05) is 6.54 Å². The SMILES string of the molecule is CCNC(=S)N/N=C/c1ccc(-c2cccc(Cl)c2)o1. The molecule has 0 fully saturated rings. The van der Waals surface area contributed by atoms with Crippen LogP contribution < -0.4 is 10.7 Å². The fourth-order valence-corrected chi connectivity index (χ4v) is 1.96. The van der Waals surface area contributed by atoms with Gasteiger partial charge in [0.15, 0.2) is 5.11 Å². The van der Waals surface area contributed by atoms with Crippen LogP contribution in [0, 0.1) is 0 Å². The lowest BCUT2D eigenvalue weighted by Crippen LogP contribution is -2.31. The van der Waals surface area contributed by atoms with E-state index >= 15 is 0 Å². The number of rotatable bonds is 4. The molecule has 0 spiro atoms. The maximum absolute atomic E-state index is 5.95. The van der Waals surface area contributed by atoms with E-state index in [2.05, 4.69) is 15.8 Å². The predicted molar refractivity (Wildman–Crippen MR) is 86.2 cm³/mol. The highest BCUT2D eigenvalue weighted by atomic mass is 35.5. The summed E-state index contributed by atoms with van der Waals surface area (Å²) in [5, 5.41) is 8.07. The second-order valence-electron chi connectivity index (χ2n) is 3.94. The van der Waals surface area contributed by atoms with Crippen LogP contribution in [0.5, 0.6) is 0 Å². The van der Waals surface area contributed by atoms with Gasteiger partial charge in [0.05, 0.1) is 6.21 Å². The molecule has 0 atom stereocenters. The average molecular weight is 308 g/mol. The van der Waals surface area contributed by atoms with Gasteiger partial charge in [-0.25, -0.2) is 0 Å². The van der Waals surface area contributed by atoms with E-state index in [0.717, 1.165) is 17.9 Å². The zero-order valence-electron chi connectivity index (χ0n) is 10.9. The monoisotopic (exact) mass is 307 g/mol. The van der Waals surface area contributed by atoms with Crippen LogP contribution in [0.3, 0.4) is 0 Å². The predicted octanol–water partition coefficient (Wildman–Crippen LogP) is 3.42. The molecule has 2 aromatic rings. The second-order valence-corrected chi connectivity index (χ2v) is 4.79. The number of thiocarbonyl (C=S) groups is 1. The van der Waals surface area contributed by atoms with Crippen molar-refractivity contribution < 1.29 is 4.42 Å². The lowest BCUT2D eigenvalue weighted by atomic mass is 10.2. The number of nitrogens with one attached hydrogen (secondary N) is 2. The third-order valence-corrected chi connectivity index (χ3v) is 2.90. The Balaban J connectivity index is 2.02. The van der Waals surface area contributed by atoms with Gasteiger partial charge in [0.2, 0.25) is 0 Å². The summed E-state index contributed by atoms with van der Waals surface area (Å²) < 4.78 is 5.65. The van der Waals surface area contributed by atoms with Gasteiger partial charge in [-0.1, -0.05) is 23.7 Å². The molecule has 0 saturated heterocycles. The largest absolute Gasteiger partial charge is 0.455 e. The highest BCUT2D eigenvalue weighted by molar-refractivity contribution is 7.80. The van der Waals surface area contributed by atoms with Gasteiger partial charge in [-0.3, -0.25) is 5.43 Å². The highest BCUT2D eigenvalue weighted by Crippen LogP contribution is 2.24. The van der Waals surface area contributed by atoms with Gasteiger partial charge in [-0.05, 0) is 43.4 Å².